The molecular formula is C15H17N3O3. The molecule has 110 valence electrons. The molecule has 1 atom stereocenters. The Morgan fingerprint density at radius 1 is 1.05 bits per heavy atom. The fourth-order valence-electron chi connectivity index (χ4n) is 2.88. The molecule has 3 amide bonds. The molecule has 0 radical (unpaired) electrons. The van der Waals surface area contributed by atoms with Crippen LogP contribution in [0.1, 0.15) is 19.3 Å². The molecule has 3 rings (SSSR count). The van der Waals surface area contributed by atoms with Crippen LogP contribution in [-0.2, 0) is 14.4 Å². The van der Waals surface area contributed by atoms with Gasteiger partial charge in [-0.2, -0.15) is 0 Å². The summed E-state index contributed by atoms with van der Waals surface area (Å²) < 4.78 is 0. The van der Waals surface area contributed by atoms with Crippen molar-refractivity contribution in [2.75, 3.05) is 22.9 Å². The maximum Gasteiger partial charge on any atom is 0.227 e. The predicted octanol–water partition coefficient (Wildman–Crippen LogP) is 0.652. The smallest absolute Gasteiger partial charge is 0.227 e. The summed E-state index contributed by atoms with van der Waals surface area (Å²) in [5.74, 6) is -0.819. The zero-order valence-corrected chi connectivity index (χ0v) is 11.6. The Bertz CT molecular complexity index is 597. The van der Waals surface area contributed by atoms with Crippen LogP contribution < -0.4 is 15.5 Å². The molecule has 1 unspecified atom stereocenters. The van der Waals surface area contributed by atoms with Crippen molar-refractivity contribution in [3.05, 3.63) is 24.3 Å². The highest BCUT2D eigenvalue weighted by molar-refractivity contribution is 6.00. The maximum atomic E-state index is 11.9. The highest BCUT2D eigenvalue weighted by atomic mass is 16.2. The number of rotatable bonds is 3. The molecule has 2 aliphatic rings. The first-order valence-electron chi connectivity index (χ1n) is 7.06. The largest absolute Gasteiger partial charge is 0.369 e. The van der Waals surface area contributed by atoms with Crippen molar-refractivity contribution in [1.29, 1.82) is 0 Å². The number of carbonyl (C=O) groups is 3. The van der Waals surface area contributed by atoms with Crippen molar-refractivity contribution in [1.82, 2.24) is 0 Å². The SMILES string of the molecule is NC(=O)C1CC(=O)N(c2ccc(N3CCCC3=O)cc2)C1. The third-order valence-corrected chi connectivity index (χ3v) is 4.07. The highest BCUT2D eigenvalue weighted by Crippen LogP contribution is 2.28. The zero-order valence-electron chi connectivity index (χ0n) is 11.6. The maximum absolute atomic E-state index is 11.9. The summed E-state index contributed by atoms with van der Waals surface area (Å²) in [4.78, 5) is 38.1. The summed E-state index contributed by atoms with van der Waals surface area (Å²) >= 11 is 0. The van der Waals surface area contributed by atoms with Gasteiger partial charge in [0.1, 0.15) is 0 Å². The summed E-state index contributed by atoms with van der Waals surface area (Å²) in [6.45, 7) is 1.07. The van der Waals surface area contributed by atoms with Gasteiger partial charge in [0.25, 0.3) is 0 Å². The van der Waals surface area contributed by atoms with Crippen molar-refractivity contribution < 1.29 is 14.4 Å². The van der Waals surface area contributed by atoms with Gasteiger partial charge in [-0.15, -0.1) is 0 Å². The number of benzene rings is 1. The molecule has 21 heavy (non-hydrogen) atoms. The lowest BCUT2D eigenvalue weighted by Crippen LogP contribution is -2.28. The fraction of sp³-hybridized carbons (Fsp3) is 0.400. The molecule has 1 aromatic rings. The van der Waals surface area contributed by atoms with E-state index < -0.39 is 11.8 Å². The summed E-state index contributed by atoms with van der Waals surface area (Å²) in [5, 5.41) is 0. The van der Waals surface area contributed by atoms with E-state index in [0.29, 0.717) is 13.0 Å². The second-order valence-corrected chi connectivity index (χ2v) is 5.47. The van der Waals surface area contributed by atoms with Gasteiger partial charge in [0.05, 0.1) is 5.92 Å². The van der Waals surface area contributed by atoms with Crippen LogP contribution in [0.3, 0.4) is 0 Å². The van der Waals surface area contributed by atoms with E-state index in [1.54, 1.807) is 9.80 Å². The monoisotopic (exact) mass is 287 g/mol. The first-order chi connectivity index (χ1) is 10.1. The first-order valence-corrected chi connectivity index (χ1v) is 7.06. The van der Waals surface area contributed by atoms with Crippen LogP contribution in [0.25, 0.3) is 0 Å². The third kappa shape index (κ3) is 2.49. The van der Waals surface area contributed by atoms with Gasteiger partial charge in [0.15, 0.2) is 0 Å². The van der Waals surface area contributed by atoms with Gasteiger partial charge in [0.2, 0.25) is 17.7 Å². The standard InChI is InChI=1S/C15H17N3O3/c16-15(21)10-8-14(20)18(9-10)12-5-3-11(4-6-12)17-7-1-2-13(17)19/h3-6,10H,1-2,7-9H2,(H2,16,21). The highest BCUT2D eigenvalue weighted by Gasteiger charge is 2.34. The number of hydrogen-bond acceptors (Lipinski definition) is 3. The Kier molecular flexibility index (Phi) is 3.37. The summed E-state index contributed by atoms with van der Waals surface area (Å²) in [5.41, 5.74) is 6.84. The van der Waals surface area contributed by atoms with Crippen LogP contribution in [0, 0.1) is 5.92 Å². The molecule has 0 saturated carbocycles. The fourth-order valence-corrected chi connectivity index (χ4v) is 2.88. The number of anilines is 2. The number of primary amides is 1. The molecule has 0 aromatic heterocycles. The van der Waals surface area contributed by atoms with E-state index in [4.69, 9.17) is 5.73 Å². The van der Waals surface area contributed by atoms with E-state index in [1.807, 2.05) is 24.3 Å². The average molecular weight is 287 g/mol. The number of hydrogen-bond donors (Lipinski definition) is 1. The van der Waals surface area contributed by atoms with Gasteiger partial charge in [-0.05, 0) is 30.7 Å². The van der Waals surface area contributed by atoms with Gasteiger partial charge in [-0.25, -0.2) is 0 Å². The number of amides is 3. The molecule has 2 fully saturated rings. The van der Waals surface area contributed by atoms with Crippen LogP contribution in [0.4, 0.5) is 11.4 Å². The van der Waals surface area contributed by atoms with E-state index >= 15 is 0 Å². The van der Waals surface area contributed by atoms with E-state index in [1.165, 1.54) is 0 Å². The first kappa shape index (κ1) is 13.6. The predicted molar refractivity (Wildman–Crippen MR) is 77.7 cm³/mol. The molecule has 2 saturated heterocycles. The molecule has 1 aromatic carbocycles. The van der Waals surface area contributed by atoms with Gasteiger partial charge >= 0.3 is 0 Å². The van der Waals surface area contributed by atoms with Crippen LogP contribution in [0.5, 0.6) is 0 Å². The van der Waals surface area contributed by atoms with Gasteiger partial charge in [0, 0.05) is 37.3 Å². The van der Waals surface area contributed by atoms with E-state index in [2.05, 4.69) is 0 Å². The van der Waals surface area contributed by atoms with E-state index in [-0.39, 0.29) is 18.2 Å². The second kappa shape index (κ2) is 5.20. The molecule has 2 aliphatic heterocycles. The Morgan fingerprint density at radius 3 is 2.14 bits per heavy atom. The molecule has 0 aliphatic carbocycles. The number of nitrogens with two attached hydrogens (primary N) is 1. The molecule has 0 bridgehead atoms. The molecule has 2 heterocycles. The van der Waals surface area contributed by atoms with Gasteiger partial charge in [-0.3, -0.25) is 14.4 Å². The topological polar surface area (TPSA) is 83.7 Å². The molecule has 6 nitrogen and oxygen atoms in total. The summed E-state index contributed by atoms with van der Waals surface area (Å²) in [6.07, 6.45) is 1.64. The van der Waals surface area contributed by atoms with E-state index in [9.17, 15) is 14.4 Å². The van der Waals surface area contributed by atoms with Crippen LogP contribution in [0.15, 0.2) is 24.3 Å². The summed E-state index contributed by atoms with van der Waals surface area (Å²) in [6, 6.07) is 7.29. The normalized spacial score (nSPS) is 22.2. The molecule has 0 spiro atoms. The number of nitrogens with zero attached hydrogens (tertiary/aromatic N) is 2. The minimum Gasteiger partial charge on any atom is -0.369 e. The van der Waals surface area contributed by atoms with Crippen LogP contribution in [0.2, 0.25) is 0 Å². The van der Waals surface area contributed by atoms with Crippen molar-refractivity contribution in [2.45, 2.75) is 19.3 Å². The van der Waals surface area contributed by atoms with Crippen LogP contribution in [-0.4, -0.2) is 30.8 Å². The molecule has 2 N–H and O–H groups in total. The minimum atomic E-state index is -0.440. The second-order valence-electron chi connectivity index (χ2n) is 5.47. The quantitative estimate of drug-likeness (QED) is 0.886. The third-order valence-electron chi connectivity index (χ3n) is 4.07. The Hall–Kier alpha value is -2.37. The lowest BCUT2D eigenvalue weighted by atomic mass is 10.1. The lowest BCUT2D eigenvalue weighted by Gasteiger charge is -2.19. The van der Waals surface area contributed by atoms with Crippen molar-refractivity contribution in [3.8, 4) is 0 Å². The van der Waals surface area contributed by atoms with Gasteiger partial charge < -0.3 is 15.5 Å². The molecular weight excluding hydrogens is 270 g/mol. The Labute approximate surface area is 122 Å². The van der Waals surface area contributed by atoms with Gasteiger partial charge in [-0.1, -0.05) is 0 Å². The van der Waals surface area contributed by atoms with Crippen molar-refractivity contribution >= 4 is 29.1 Å². The Morgan fingerprint density at radius 2 is 1.67 bits per heavy atom. The minimum absolute atomic E-state index is 0.0937. The average Bonchev–Trinajstić information content (AvgIpc) is 3.05. The van der Waals surface area contributed by atoms with Crippen molar-refractivity contribution in [3.63, 3.8) is 0 Å². The van der Waals surface area contributed by atoms with Crippen molar-refractivity contribution in [2.24, 2.45) is 11.7 Å². The zero-order chi connectivity index (χ0) is 15.0. The molecule has 6 heteroatoms. The lowest BCUT2D eigenvalue weighted by molar-refractivity contribution is -0.123. The summed E-state index contributed by atoms with van der Waals surface area (Å²) in [7, 11) is 0. The number of carbonyl (C=O) groups excluding carboxylic acids is 3. The Balaban J connectivity index is 1.77. The van der Waals surface area contributed by atoms with Crippen LogP contribution >= 0.6 is 0 Å². The van der Waals surface area contributed by atoms with E-state index in [0.717, 1.165) is 24.3 Å².